The molecule has 4 atom stereocenters. The average molecular weight is 259 g/mol. The van der Waals surface area contributed by atoms with Crippen molar-refractivity contribution in [2.24, 2.45) is 0 Å². The Hall–Kier alpha value is -0.160. The van der Waals surface area contributed by atoms with Crippen LogP contribution >= 0.6 is 0 Å². The zero-order valence-electron chi connectivity index (χ0n) is 11.5. The van der Waals surface area contributed by atoms with Gasteiger partial charge >= 0.3 is 0 Å². The maximum absolute atomic E-state index is 9.81. The van der Waals surface area contributed by atoms with E-state index in [4.69, 9.17) is 5.11 Å². The summed E-state index contributed by atoms with van der Waals surface area (Å²) in [6.45, 7) is 2.10. The molecule has 1 heterocycles. The van der Waals surface area contributed by atoms with Gasteiger partial charge < -0.3 is 20.6 Å². The fourth-order valence-electron chi connectivity index (χ4n) is 2.68. The van der Waals surface area contributed by atoms with Crippen LogP contribution in [0.2, 0.25) is 0 Å². The standard InChI is InChI=1S/C14H29NO3/c1-2-3-4-5-6-7-8-9-11-13(17)14(18)12(10-16)15-11/h11-18H,2-10H2,1H3/t11-,12+,13-,14+/m1/s1. The molecule has 0 unspecified atom stereocenters. The van der Waals surface area contributed by atoms with Gasteiger partial charge in [0, 0.05) is 6.04 Å². The third kappa shape index (κ3) is 4.84. The second kappa shape index (κ2) is 8.86. The lowest BCUT2D eigenvalue weighted by molar-refractivity contribution is 0.0186. The third-order valence-electron chi connectivity index (χ3n) is 3.92. The first-order valence-electron chi connectivity index (χ1n) is 7.43. The topological polar surface area (TPSA) is 72.7 Å². The van der Waals surface area contributed by atoms with Crippen LogP contribution in [0.25, 0.3) is 0 Å². The van der Waals surface area contributed by atoms with Crippen molar-refractivity contribution in [3.05, 3.63) is 0 Å². The van der Waals surface area contributed by atoms with Gasteiger partial charge in [-0.2, -0.15) is 0 Å². The van der Waals surface area contributed by atoms with E-state index in [0.29, 0.717) is 0 Å². The lowest BCUT2D eigenvalue weighted by atomic mass is 10.0. The van der Waals surface area contributed by atoms with E-state index in [-0.39, 0.29) is 18.7 Å². The van der Waals surface area contributed by atoms with Crippen LogP contribution in [0.15, 0.2) is 0 Å². The third-order valence-corrected chi connectivity index (χ3v) is 3.92. The molecule has 1 aliphatic heterocycles. The molecule has 1 rings (SSSR count). The van der Waals surface area contributed by atoms with Crippen LogP contribution in [0.3, 0.4) is 0 Å². The van der Waals surface area contributed by atoms with Gasteiger partial charge in [0.25, 0.3) is 0 Å². The molecule has 4 nitrogen and oxygen atoms in total. The highest BCUT2D eigenvalue weighted by Gasteiger charge is 2.39. The number of unbranched alkanes of at least 4 members (excludes halogenated alkanes) is 6. The van der Waals surface area contributed by atoms with Crippen LogP contribution < -0.4 is 5.32 Å². The highest BCUT2D eigenvalue weighted by molar-refractivity contribution is 4.97. The van der Waals surface area contributed by atoms with Crippen LogP contribution in [0.1, 0.15) is 58.3 Å². The predicted molar refractivity (Wildman–Crippen MR) is 72.4 cm³/mol. The maximum atomic E-state index is 9.81. The van der Waals surface area contributed by atoms with Crippen LogP contribution in [-0.4, -0.2) is 46.2 Å². The minimum absolute atomic E-state index is 0.0622. The van der Waals surface area contributed by atoms with E-state index in [1.807, 2.05) is 0 Å². The Kier molecular flexibility index (Phi) is 7.82. The summed E-state index contributed by atoms with van der Waals surface area (Å²) in [6, 6.07) is -0.428. The minimum Gasteiger partial charge on any atom is -0.395 e. The van der Waals surface area contributed by atoms with Crippen molar-refractivity contribution in [1.82, 2.24) is 5.32 Å². The number of hydrogen-bond acceptors (Lipinski definition) is 4. The molecule has 18 heavy (non-hydrogen) atoms. The Morgan fingerprint density at radius 3 is 1.94 bits per heavy atom. The smallest absolute Gasteiger partial charge is 0.0989 e. The SMILES string of the molecule is CCCCCCCCC[C@H]1N[C@@H](CO)[C@H](O)[C@@H]1O. The van der Waals surface area contributed by atoms with E-state index in [9.17, 15) is 10.2 Å². The van der Waals surface area contributed by atoms with Crippen molar-refractivity contribution in [2.75, 3.05) is 6.61 Å². The van der Waals surface area contributed by atoms with Gasteiger partial charge in [-0.25, -0.2) is 0 Å². The molecular formula is C14H29NO3. The number of hydrogen-bond donors (Lipinski definition) is 4. The first-order chi connectivity index (χ1) is 8.70. The maximum Gasteiger partial charge on any atom is 0.0989 e. The van der Waals surface area contributed by atoms with Crippen molar-refractivity contribution in [3.8, 4) is 0 Å². The second-order valence-corrected chi connectivity index (χ2v) is 5.45. The Labute approximate surface area is 110 Å². The van der Waals surface area contributed by atoms with Crippen molar-refractivity contribution in [2.45, 2.75) is 82.6 Å². The van der Waals surface area contributed by atoms with E-state index in [1.165, 1.54) is 38.5 Å². The van der Waals surface area contributed by atoms with Crippen molar-refractivity contribution < 1.29 is 15.3 Å². The molecule has 4 heteroatoms. The highest BCUT2D eigenvalue weighted by atomic mass is 16.3. The molecule has 0 aromatic rings. The summed E-state index contributed by atoms with van der Waals surface area (Å²) in [6.07, 6.45) is 8.07. The Morgan fingerprint density at radius 1 is 0.833 bits per heavy atom. The highest BCUT2D eigenvalue weighted by Crippen LogP contribution is 2.19. The average Bonchev–Trinajstić information content (AvgIpc) is 2.65. The van der Waals surface area contributed by atoms with E-state index in [2.05, 4.69) is 12.2 Å². The monoisotopic (exact) mass is 259 g/mol. The molecule has 108 valence electrons. The molecule has 0 aliphatic carbocycles. The van der Waals surface area contributed by atoms with E-state index in [0.717, 1.165) is 12.8 Å². The van der Waals surface area contributed by atoms with Crippen LogP contribution in [0, 0.1) is 0 Å². The van der Waals surface area contributed by atoms with E-state index < -0.39 is 12.2 Å². The summed E-state index contributed by atoms with van der Waals surface area (Å²) < 4.78 is 0. The zero-order chi connectivity index (χ0) is 13.4. The summed E-state index contributed by atoms with van der Waals surface area (Å²) >= 11 is 0. The summed E-state index contributed by atoms with van der Waals surface area (Å²) in [5.41, 5.74) is 0. The van der Waals surface area contributed by atoms with Gasteiger partial charge in [0.1, 0.15) is 0 Å². The second-order valence-electron chi connectivity index (χ2n) is 5.45. The number of aliphatic hydroxyl groups excluding tert-OH is 3. The van der Waals surface area contributed by atoms with E-state index >= 15 is 0 Å². The van der Waals surface area contributed by atoms with Crippen LogP contribution in [0.5, 0.6) is 0 Å². The van der Waals surface area contributed by atoms with Gasteiger partial charge in [-0.15, -0.1) is 0 Å². The normalized spacial score (nSPS) is 32.0. The lowest BCUT2D eigenvalue weighted by Gasteiger charge is -2.15. The summed E-state index contributed by atoms with van der Waals surface area (Å²) in [7, 11) is 0. The van der Waals surface area contributed by atoms with Gasteiger partial charge in [0.2, 0.25) is 0 Å². The fourth-order valence-corrected chi connectivity index (χ4v) is 2.68. The molecular weight excluding hydrogens is 230 g/mol. The molecule has 0 aromatic heterocycles. The van der Waals surface area contributed by atoms with Crippen LogP contribution in [-0.2, 0) is 0 Å². The lowest BCUT2D eigenvalue weighted by Crippen LogP contribution is -2.36. The number of rotatable bonds is 9. The van der Waals surface area contributed by atoms with Crippen molar-refractivity contribution in [1.29, 1.82) is 0 Å². The molecule has 0 spiro atoms. The van der Waals surface area contributed by atoms with Gasteiger partial charge in [-0.05, 0) is 6.42 Å². The molecule has 0 aromatic carbocycles. The number of nitrogens with one attached hydrogen (secondary N) is 1. The predicted octanol–water partition coefficient (Wildman–Crippen LogP) is 1.18. The van der Waals surface area contributed by atoms with Crippen molar-refractivity contribution >= 4 is 0 Å². The first-order valence-corrected chi connectivity index (χ1v) is 7.43. The fraction of sp³-hybridized carbons (Fsp3) is 1.00. The van der Waals surface area contributed by atoms with Crippen molar-refractivity contribution in [3.63, 3.8) is 0 Å². The van der Waals surface area contributed by atoms with Gasteiger partial charge in [-0.3, -0.25) is 0 Å². The molecule has 0 saturated carbocycles. The largest absolute Gasteiger partial charge is 0.395 e. The summed E-state index contributed by atoms with van der Waals surface area (Å²) in [4.78, 5) is 0. The minimum atomic E-state index is -0.829. The molecule has 0 bridgehead atoms. The Morgan fingerprint density at radius 2 is 1.39 bits per heavy atom. The summed E-state index contributed by atoms with van der Waals surface area (Å²) in [5.74, 6) is 0. The molecule has 1 fully saturated rings. The molecule has 1 saturated heterocycles. The first kappa shape index (κ1) is 15.9. The molecule has 1 aliphatic rings. The molecule has 0 radical (unpaired) electrons. The molecule has 4 N–H and O–H groups in total. The van der Waals surface area contributed by atoms with Crippen LogP contribution in [0.4, 0.5) is 0 Å². The van der Waals surface area contributed by atoms with Gasteiger partial charge in [0.15, 0.2) is 0 Å². The summed E-state index contributed by atoms with van der Waals surface area (Å²) in [5, 5.41) is 31.6. The molecule has 0 amide bonds. The van der Waals surface area contributed by atoms with E-state index in [1.54, 1.807) is 0 Å². The van der Waals surface area contributed by atoms with Gasteiger partial charge in [-0.1, -0.05) is 51.9 Å². The number of aliphatic hydroxyl groups is 3. The Bertz CT molecular complexity index is 213. The Balaban J connectivity index is 2.05. The quantitative estimate of drug-likeness (QED) is 0.469. The zero-order valence-corrected chi connectivity index (χ0v) is 11.5. The van der Waals surface area contributed by atoms with Gasteiger partial charge in [0.05, 0.1) is 24.9 Å².